The zero-order chi connectivity index (χ0) is 21.2. The second-order valence-electron chi connectivity index (χ2n) is 7.32. The van der Waals surface area contributed by atoms with Gasteiger partial charge in [-0.25, -0.2) is 9.50 Å². The van der Waals surface area contributed by atoms with Crippen LogP contribution in [0.15, 0.2) is 90.2 Å². The molecule has 6 heteroatoms. The zero-order valence-corrected chi connectivity index (χ0v) is 17.8. The van der Waals surface area contributed by atoms with E-state index in [2.05, 4.69) is 34.6 Å². The topological polar surface area (TPSA) is 59.3 Å². The maximum absolute atomic E-state index is 12.4. The molecule has 5 nitrogen and oxygen atoms in total. The minimum absolute atomic E-state index is 0.0619. The summed E-state index contributed by atoms with van der Waals surface area (Å²) in [6.07, 6.45) is 3.55. The van der Waals surface area contributed by atoms with Crippen LogP contribution in [0.1, 0.15) is 5.56 Å². The fourth-order valence-electron chi connectivity index (χ4n) is 3.64. The summed E-state index contributed by atoms with van der Waals surface area (Å²) in [4.78, 5) is 16.9. The standard InChI is InChI=1S/C25H20N4OS/c1-17-6-4-9-19(14-17)27-24(30)16-31-25-23-15-22(28-29(23)13-12-26-25)21-11-5-8-18-7-2-3-10-20(18)21/h2-15H,16H2,1H3,(H,27,30). The maximum Gasteiger partial charge on any atom is 0.234 e. The lowest BCUT2D eigenvalue weighted by Gasteiger charge is -2.06. The highest BCUT2D eigenvalue weighted by atomic mass is 32.2. The Kier molecular flexibility index (Phi) is 5.14. The van der Waals surface area contributed by atoms with E-state index in [1.807, 2.05) is 66.2 Å². The van der Waals surface area contributed by atoms with Gasteiger partial charge in [0.05, 0.1) is 17.0 Å². The Morgan fingerprint density at radius 3 is 2.77 bits per heavy atom. The molecule has 0 aliphatic carbocycles. The monoisotopic (exact) mass is 424 g/mol. The van der Waals surface area contributed by atoms with Crippen molar-refractivity contribution in [2.45, 2.75) is 11.9 Å². The van der Waals surface area contributed by atoms with Crippen LogP contribution in [0.25, 0.3) is 27.5 Å². The second kappa shape index (κ2) is 8.24. The number of anilines is 1. The number of aryl methyl sites for hydroxylation is 1. The quantitative estimate of drug-likeness (QED) is 0.374. The molecule has 31 heavy (non-hydrogen) atoms. The summed E-state index contributed by atoms with van der Waals surface area (Å²) in [5.74, 6) is 0.211. The molecule has 0 spiro atoms. The third kappa shape index (κ3) is 4.02. The van der Waals surface area contributed by atoms with Crippen molar-refractivity contribution in [2.75, 3.05) is 11.1 Å². The van der Waals surface area contributed by atoms with E-state index in [-0.39, 0.29) is 11.7 Å². The van der Waals surface area contributed by atoms with Gasteiger partial charge in [-0.15, -0.1) is 0 Å². The van der Waals surface area contributed by atoms with E-state index in [0.29, 0.717) is 0 Å². The molecule has 2 aromatic heterocycles. The SMILES string of the molecule is Cc1cccc(NC(=O)CSc2nccn3nc(-c4cccc5ccccc45)cc23)c1. The summed E-state index contributed by atoms with van der Waals surface area (Å²) in [5, 5.41) is 10.8. The Balaban J connectivity index is 1.40. The number of nitrogens with zero attached hydrogens (tertiary/aromatic N) is 3. The minimum Gasteiger partial charge on any atom is -0.325 e. The number of nitrogens with one attached hydrogen (secondary N) is 1. The third-order valence-corrected chi connectivity index (χ3v) is 6.06. The van der Waals surface area contributed by atoms with Gasteiger partial charge in [0.25, 0.3) is 0 Å². The van der Waals surface area contributed by atoms with Gasteiger partial charge in [0.2, 0.25) is 5.91 Å². The van der Waals surface area contributed by atoms with Crippen molar-refractivity contribution in [3.8, 4) is 11.3 Å². The van der Waals surface area contributed by atoms with E-state index in [1.165, 1.54) is 17.1 Å². The molecule has 2 heterocycles. The number of rotatable bonds is 5. The molecule has 0 atom stereocenters. The molecule has 0 aliphatic rings. The van der Waals surface area contributed by atoms with Crippen LogP contribution in [0.3, 0.4) is 0 Å². The first kappa shape index (κ1) is 19.3. The second-order valence-corrected chi connectivity index (χ2v) is 8.29. The van der Waals surface area contributed by atoms with Crippen molar-refractivity contribution >= 4 is 39.6 Å². The molecule has 0 fully saturated rings. The van der Waals surface area contributed by atoms with E-state index in [9.17, 15) is 4.79 Å². The molecule has 5 rings (SSSR count). The zero-order valence-electron chi connectivity index (χ0n) is 16.9. The Bertz CT molecular complexity index is 1400. The molecule has 0 radical (unpaired) electrons. The van der Waals surface area contributed by atoms with Crippen LogP contribution in [0.2, 0.25) is 0 Å². The number of aromatic nitrogens is 3. The van der Waals surface area contributed by atoms with Crippen LogP contribution < -0.4 is 5.32 Å². The van der Waals surface area contributed by atoms with Gasteiger partial charge in [-0.2, -0.15) is 5.10 Å². The van der Waals surface area contributed by atoms with E-state index in [1.54, 1.807) is 6.20 Å². The number of benzene rings is 3. The van der Waals surface area contributed by atoms with E-state index >= 15 is 0 Å². The first-order valence-electron chi connectivity index (χ1n) is 9.99. The Morgan fingerprint density at radius 2 is 1.87 bits per heavy atom. The van der Waals surface area contributed by atoms with Gasteiger partial charge in [0.1, 0.15) is 5.03 Å². The van der Waals surface area contributed by atoms with Crippen molar-refractivity contribution in [1.29, 1.82) is 0 Å². The Labute approximate surface area is 184 Å². The number of fused-ring (bicyclic) bond motifs is 2. The van der Waals surface area contributed by atoms with Crippen LogP contribution in [-0.2, 0) is 4.79 Å². The van der Waals surface area contributed by atoms with Crippen LogP contribution in [0.4, 0.5) is 5.69 Å². The molecular weight excluding hydrogens is 404 g/mol. The number of carbonyl (C=O) groups excluding carboxylic acids is 1. The van der Waals surface area contributed by atoms with Gasteiger partial charge in [-0.1, -0.05) is 66.4 Å². The highest BCUT2D eigenvalue weighted by Crippen LogP contribution is 2.30. The van der Waals surface area contributed by atoms with Gasteiger partial charge in [-0.05, 0) is 41.5 Å². The maximum atomic E-state index is 12.4. The average Bonchev–Trinajstić information content (AvgIpc) is 3.22. The summed E-state index contributed by atoms with van der Waals surface area (Å²) in [6, 6.07) is 24.3. The van der Waals surface area contributed by atoms with Gasteiger partial charge in [0, 0.05) is 23.6 Å². The van der Waals surface area contributed by atoms with Crippen LogP contribution in [-0.4, -0.2) is 26.3 Å². The normalized spacial score (nSPS) is 11.1. The highest BCUT2D eigenvalue weighted by Gasteiger charge is 2.13. The smallest absolute Gasteiger partial charge is 0.234 e. The summed E-state index contributed by atoms with van der Waals surface area (Å²) in [5.41, 5.74) is 4.76. The summed E-state index contributed by atoms with van der Waals surface area (Å²) < 4.78 is 1.82. The molecular formula is C25H20N4OS. The summed E-state index contributed by atoms with van der Waals surface area (Å²) in [6.45, 7) is 2.00. The van der Waals surface area contributed by atoms with E-state index in [4.69, 9.17) is 5.10 Å². The number of thioether (sulfide) groups is 1. The molecule has 0 saturated heterocycles. The fourth-order valence-corrected chi connectivity index (χ4v) is 4.42. The number of amides is 1. The molecule has 5 aromatic rings. The molecule has 0 bridgehead atoms. The summed E-state index contributed by atoms with van der Waals surface area (Å²) >= 11 is 1.41. The Morgan fingerprint density at radius 1 is 1.03 bits per heavy atom. The Hall–Kier alpha value is -3.64. The van der Waals surface area contributed by atoms with Gasteiger partial charge < -0.3 is 5.32 Å². The fraction of sp³-hybridized carbons (Fsp3) is 0.0800. The predicted octanol–water partition coefficient (Wildman–Crippen LogP) is 5.59. The predicted molar refractivity (Wildman–Crippen MR) is 126 cm³/mol. The van der Waals surface area contributed by atoms with E-state index in [0.717, 1.165) is 38.4 Å². The van der Waals surface area contributed by atoms with Crippen molar-refractivity contribution in [2.24, 2.45) is 0 Å². The van der Waals surface area contributed by atoms with Crippen LogP contribution in [0, 0.1) is 6.92 Å². The average molecular weight is 425 g/mol. The van der Waals surface area contributed by atoms with Gasteiger partial charge >= 0.3 is 0 Å². The van der Waals surface area contributed by atoms with Crippen molar-refractivity contribution in [3.05, 3.63) is 90.8 Å². The van der Waals surface area contributed by atoms with Crippen molar-refractivity contribution in [3.63, 3.8) is 0 Å². The number of hydrogen-bond donors (Lipinski definition) is 1. The minimum atomic E-state index is -0.0619. The largest absolute Gasteiger partial charge is 0.325 e. The lowest BCUT2D eigenvalue weighted by molar-refractivity contribution is -0.113. The number of hydrogen-bond acceptors (Lipinski definition) is 4. The van der Waals surface area contributed by atoms with Crippen molar-refractivity contribution in [1.82, 2.24) is 14.6 Å². The lowest BCUT2D eigenvalue weighted by Crippen LogP contribution is -2.14. The molecule has 1 N–H and O–H groups in total. The van der Waals surface area contributed by atoms with Gasteiger partial charge in [-0.3, -0.25) is 4.79 Å². The van der Waals surface area contributed by atoms with Crippen molar-refractivity contribution < 1.29 is 4.79 Å². The highest BCUT2D eigenvalue weighted by molar-refractivity contribution is 8.00. The molecule has 0 aliphatic heterocycles. The summed E-state index contributed by atoms with van der Waals surface area (Å²) in [7, 11) is 0. The molecule has 0 saturated carbocycles. The third-order valence-electron chi connectivity index (χ3n) is 5.06. The first-order chi connectivity index (χ1) is 15.2. The molecule has 1 amide bonds. The molecule has 3 aromatic carbocycles. The van der Waals surface area contributed by atoms with E-state index < -0.39 is 0 Å². The van der Waals surface area contributed by atoms with Gasteiger partial charge in [0.15, 0.2) is 0 Å². The first-order valence-corrected chi connectivity index (χ1v) is 11.0. The molecule has 0 unspecified atom stereocenters. The van der Waals surface area contributed by atoms with Crippen LogP contribution >= 0.6 is 11.8 Å². The molecule has 152 valence electrons. The lowest BCUT2D eigenvalue weighted by atomic mass is 10.0. The number of carbonyl (C=O) groups is 1. The van der Waals surface area contributed by atoms with Crippen LogP contribution in [0.5, 0.6) is 0 Å².